The van der Waals surface area contributed by atoms with E-state index in [1.54, 1.807) is 0 Å². The minimum Gasteiger partial charge on any atom is -0.345 e. The molecule has 0 saturated heterocycles. The van der Waals surface area contributed by atoms with Crippen molar-refractivity contribution in [3.63, 3.8) is 0 Å². The van der Waals surface area contributed by atoms with Crippen LogP contribution in [0.4, 0.5) is 0 Å². The van der Waals surface area contributed by atoms with Crippen molar-refractivity contribution in [1.82, 2.24) is 4.57 Å². The minimum atomic E-state index is 0.386. The lowest BCUT2D eigenvalue weighted by molar-refractivity contribution is 0.112. The molecule has 0 amide bonds. The monoisotopic (exact) mass is 261 g/mol. The van der Waals surface area contributed by atoms with Crippen molar-refractivity contribution in [3.05, 3.63) is 44.9 Å². The zero-order chi connectivity index (χ0) is 13.3. The molecule has 96 valence electrons. The van der Waals surface area contributed by atoms with E-state index in [2.05, 4.69) is 37.5 Å². The van der Waals surface area contributed by atoms with Gasteiger partial charge in [0.1, 0.15) is 0 Å². The summed E-state index contributed by atoms with van der Waals surface area (Å²) >= 11 is 1.85. The number of hydrogen-bond donors (Lipinski definition) is 0. The number of aromatic nitrogens is 1. The highest BCUT2D eigenvalue weighted by molar-refractivity contribution is 7.11. The molecule has 0 aliphatic rings. The minimum absolute atomic E-state index is 0.386. The maximum Gasteiger partial charge on any atom is 0.151 e. The fourth-order valence-electron chi connectivity index (χ4n) is 2.58. The lowest BCUT2D eigenvalue weighted by atomic mass is 10.2. The molecule has 2 aromatic heterocycles. The van der Waals surface area contributed by atoms with Crippen LogP contribution < -0.4 is 0 Å². The summed E-state index contributed by atoms with van der Waals surface area (Å²) in [6.45, 7) is 8.43. The Balaban J connectivity index is 2.26. The van der Waals surface area contributed by atoms with Crippen LogP contribution in [0.2, 0.25) is 0 Å². The molecule has 0 N–H and O–H groups in total. The Bertz CT molecular complexity index is 565. The summed E-state index contributed by atoms with van der Waals surface area (Å²) in [6.07, 6.45) is 1.97. The molecule has 2 nitrogen and oxygen atoms in total. The third kappa shape index (κ3) is 2.41. The highest BCUT2D eigenvalue weighted by Gasteiger charge is 2.14. The van der Waals surface area contributed by atoms with Gasteiger partial charge in [0.2, 0.25) is 0 Å². The zero-order valence-corrected chi connectivity index (χ0v) is 12.2. The van der Waals surface area contributed by atoms with E-state index in [-0.39, 0.29) is 0 Å². The number of carbonyl (C=O) groups excluding carboxylic acids is 1. The molecule has 2 rings (SSSR count). The zero-order valence-electron chi connectivity index (χ0n) is 11.4. The summed E-state index contributed by atoms with van der Waals surface area (Å²) in [5, 5.41) is 0. The van der Waals surface area contributed by atoms with Crippen molar-refractivity contribution in [2.24, 2.45) is 0 Å². The number of nitrogens with zero attached hydrogens (tertiary/aromatic N) is 1. The molecule has 0 saturated carbocycles. The molecule has 0 aliphatic heterocycles. The number of aryl methyl sites for hydroxylation is 2. The Kier molecular flexibility index (Phi) is 3.71. The third-order valence-electron chi connectivity index (χ3n) is 3.38. The van der Waals surface area contributed by atoms with Crippen LogP contribution in [-0.2, 0) is 6.42 Å². The van der Waals surface area contributed by atoms with Crippen LogP contribution in [0.15, 0.2) is 18.2 Å². The van der Waals surface area contributed by atoms with Gasteiger partial charge < -0.3 is 4.57 Å². The molecule has 1 unspecified atom stereocenters. The van der Waals surface area contributed by atoms with E-state index in [1.807, 2.05) is 24.3 Å². The summed E-state index contributed by atoms with van der Waals surface area (Å²) in [4.78, 5) is 13.7. The van der Waals surface area contributed by atoms with Gasteiger partial charge >= 0.3 is 0 Å². The lowest BCUT2D eigenvalue weighted by Gasteiger charge is -2.17. The van der Waals surface area contributed by atoms with Gasteiger partial charge in [0.15, 0.2) is 6.29 Å². The highest BCUT2D eigenvalue weighted by Crippen LogP contribution is 2.25. The average molecular weight is 261 g/mol. The molecular formula is C15H19NOS. The van der Waals surface area contributed by atoms with Crippen LogP contribution in [0, 0.1) is 20.8 Å². The van der Waals surface area contributed by atoms with Crippen LogP contribution in [0.5, 0.6) is 0 Å². The van der Waals surface area contributed by atoms with Crippen LogP contribution in [0.3, 0.4) is 0 Å². The van der Waals surface area contributed by atoms with E-state index in [9.17, 15) is 4.79 Å². The molecule has 3 heteroatoms. The molecule has 0 radical (unpaired) electrons. The number of rotatable bonds is 4. The van der Waals surface area contributed by atoms with Crippen molar-refractivity contribution < 1.29 is 4.79 Å². The Labute approximate surface area is 112 Å². The number of hydrogen-bond acceptors (Lipinski definition) is 2. The summed E-state index contributed by atoms with van der Waals surface area (Å²) in [5.41, 5.74) is 3.04. The van der Waals surface area contributed by atoms with E-state index in [0.717, 1.165) is 29.7 Å². The second-order valence-electron chi connectivity index (χ2n) is 4.88. The molecule has 18 heavy (non-hydrogen) atoms. The quantitative estimate of drug-likeness (QED) is 0.760. The van der Waals surface area contributed by atoms with E-state index < -0.39 is 0 Å². The van der Waals surface area contributed by atoms with Crippen LogP contribution in [-0.4, -0.2) is 10.9 Å². The molecule has 0 aliphatic carbocycles. The Morgan fingerprint density at radius 1 is 1.33 bits per heavy atom. The van der Waals surface area contributed by atoms with Crippen molar-refractivity contribution in [1.29, 1.82) is 0 Å². The Morgan fingerprint density at radius 3 is 2.56 bits per heavy atom. The number of thiophene rings is 1. The van der Waals surface area contributed by atoms with Crippen molar-refractivity contribution in [2.75, 3.05) is 0 Å². The molecule has 0 spiro atoms. The van der Waals surface area contributed by atoms with Gasteiger partial charge in [-0.1, -0.05) is 0 Å². The largest absolute Gasteiger partial charge is 0.345 e. The molecule has 2 heterocycles. The van der Waals surface area contributed by atoms with Crippen LogP contribution in [0.1, 0.15) is 44.5 Å². The first kappa shape index (κ1) is 13.1. The third-order valence-corrected chi connectivity index (χ3v) is 4.41. The summed E-state index contributed by atoms with van der Waals surface area (Å²) in [6, 6.07) is 6.72. The SMILES string of the molecule is Cc1ccc(CC(C)n2c(C)cc(C=O)c2C)s1. The van der Waals surface area contributed by atoms with Gasteiger partial charge in [-0.05, 0) is 45.9 Å². The highest BCUT2D eigenvalue weighted by atomic mass is 32.1. The Morgan fingerprint density at radius 2 is 2.06 bits per heavy atom. The number of carbonyl (C=O) groups is 1. The van der Waals surface area contributed by atoms with E-state index in [1.165, 1.54) is 9.75 Å². The van der Waals surface area contributed by atoms with Gasteiger partial charge in [-0.3, -0.25) is 4.79 Å². The number of aldehydes is 1. The first-order chi connectivity index (χ1) is 8.52. The second-order valence-corrected chi connectivity index (χ2v) is 6.25. The smallest absolute Gasteiger partial charge is 0.151 e. The van der Waals surface area contributed by atoms with Crippen molar-refractivity contribution >= 4 is 17.6 Å². The summed E-state index contributed by atoms with van der Waals surface area (Å²) < 4.78 is 2.26. The fourth-order valence-corrected chi connectivity index (χ4v) is 3.59. The average Bonchev–Trinajstić information content (AvgIpc) is 2.83. The predicted molar refractivity (Wildman–Crippen MR) is 76.8 cm³/mol. The standard InChI is InChI=1S/C15H19NOS/c1-10-7-14(9-17)13(4)16(10)11(2)8-15-6-5-12(3)18-15/h5-7,9,11H,8H2,1-4H3. The maximum atomic E-state index is 11.0. The van der Waals surface area contributed by atoms with Gasteiger partial charge in [0, 0.05) is 39.2 Å². The van der Waals surface area contributed by atoms with Gasteiger partial charge in [0.25, 0.3) is 0 Å². The molecule has 2 aromatic rings. The van der Waals surface area contributed by atoms with E-state index in [4.69, 9.17) is 0 Å². The predicted octanol–water partition coefficient (Wildman–Crippen LogP) is 4.09. The fraction of sp³-hybridized carbons (Fsp3) is 0.400. The van der Waals surface area contributed by atoms with Gasteiger partial charge in [-0.15, -0.1) is 11.3 Å². The van der Waals surface area contributed by atoms with Crippen molar-refractivity contribution in [3.8, 4) is 0 Å². The first-order valence-electron chi connectivity index (χ1n) is 6.22. The summed E-state index contributed by atoms with van der Waals surface area (Å²) in [7, 11) is 0. The van der Waals surface area contributed by atoms with Gasteiger partial charge in [0.05, 0.1) is 0 Å². The topological polar surface area (TPSA) is 22.0 Å². The lowest BCUT2D eigenvalue weighted by Crippen LogP contribution is -2.11. The molecule has 0 fully saturated rings. The van der Waals surface area contributed by atoms with Gasteiger partial charge in [-0.2, -0.15) is 0 Å². The molecule has 0 aromatic carbocycles. The van der Waals surface area contributed by atoms with Crippen molar-refractivity contribution in [2.45, 2.75) is 40.2 Å². The van der Waals surface area contributed by atoms with Crippen LogP contribution >= 0.6 is 11.3 Å². The van der Waals surface area contributed by atoms with E-state index in [0.29, 0.717) is 6.04 Å². The molecule has 1 atom stereocenters. The normalized spacial score (nSPS) is 12.7. The Hall–Kier alpha value is -1.35. The van der Waals surface area contributed by atoms with E-state index >= 15 is 0 Å². The van der Waals surface area contributed by atoms with Crippen LogP contribution in [0.25, 0.3) is 0 Å². The summed E-state index contributed by atoms with van der Waals surface area (Å²) in [5.74, 6) is 0. The first-order valence-corrected chi connectivity index (χ1v) is 7.03. The molecular weight excluding hydrogens is 242 g/mol. The molecule has 0 bridgehead atoms. The second kappa shape index (κ2) is 5.11. The van der Waals surface area contributed by atoms with Gasteiger partial charge in [-0.25, -0.2) is 0 Å². The maximum absolute atomic E-state index is 11.0.